The molecule has 23 heavy (non-hydrogen) atoms. The standard InChI is InChI=1S/C18H18N4O/c19-18(23)14-6-3-7-15-17(14)21-16(20-15)11-22-9-8-12-4-1-2-5-13(12)10-22/h1-7H,8-11H2,(H2,19,23)(H,20,21). The minimum absolute atomic E-state index is 0.444. The summed E-state index contributed by atoms with van der Waals surface area (Å²) < 4.78 is 0. The van der Waals surface area contributed by atoms with E-state index in [0.29, 0.717) is 11.1 Å². The average Bonchev–Trinajstić information content (AvgIpc) is 2.96. The Labute approximate surface area is 134 Å². The number of para-hydroxylation sites is 1. The van der Waals surface area contributed by atoms with E-state index in [1.165, 1.54) is 11.1 Å². The van der Waals surface area contributed by atoms with Gasteiger partial charge in [0.05, 0.1) is 17.6 Å². The summed E-state index contributed by atoms with van der Waals surface area (Å²) in [6, 6.07) is 14.0. The molecule has 0 spiro atoms. The van der Waals surface area contributed by atoms with Gasteiger partial charge in [-0.15, -0.1) is 0 Å². The molecule has 0 saturated heterocycles. The number of primary amides is 1. The first kappa shape index (κ1) is 14.0. The molecule has 5 heteroatoms. The molecule has 0 fully saturated rings. The Morgan fingerprint density at radius 2 is 2.00 bits per heavy atom. The number of amides is 1. The normalized spacial score (nSPS) is 14.8. The fourth-order valence-electron chi connectivity index (χ4n) is 3.26. The second kappa shape index (κ2) is 5.52. The first-order chi connectivity index (χ1) is 11.2. The maximum absolute atomic E-state index is 11.5. The smallest absolute Gasteiger partial charge is 0.250 e. The van der Waals surface area contributed by atoms with Crippen LogP contribution < -0.4 is 5.73 Å². The Hall–Kier alpha value is -2.66. The van der Waals surface area contributed by atoms with Crippen LogP contribution in [0.5, 0.6) is 0 Å². The van der Waals surface area contributed by atoms with Gasteiger partial charge in [-0.1, -0.05) is 30.3 Å². The zero-order chi connectivity index (χ0) is 15.8. The Morgan fingerprint density at radius 1 is 1.17 bits per heavy atom. The van der Waals surface area contributed by atoms with Crippen LogP contribution in [-0.2, 0) is 19.5 Å². The van der Waals surface area contributed by atoms with E-state index in [0.717, 1.165) is 37.4 Å². The fraction of sp³-hybridized carbons (Fsp3) is 0.222. The number of carbonyl (C=O) groups is 1. The first-order valence-electron chi connectivity index (χ1n) is 7.77. The van der Waals surface area contributed by atoms with Gasteiger partial charge in [0.15, 0.2) is 0 Å². The van der Waals surface area contributed by atoms with Gasteiger partial charge in [-0.25, -0.2) is 4.98 Å². The summed E-state index contributed by atoms with van der Waals surface area (Å²) in [5.41, 5.74) is 10.2. The van der Waals surface area contributed by atoms with Gasteiger partial charge in [-0.05, 0) is 29.7 Å². The Morgan fingerprint density at radius 3 is 2.83 bits per heavy atom. The molecule has 4 rings (SSSR count). The molecule has 1 amide bonds. The molecule has 2 heterocycles. The van der Waals surface area contributed by atoms with Crippen molar-refractivity contribution in [1.82, 2.24) is 14.9 Å². The zero-order valence-corrected chi connectivity index (χ0v) is 12.7. The number of hydrogen-bond acceptors (Lipinski definition) is 3. The number of nitrogens with two attached hydrogens (primary N) is 1. The molecule has 2 aromatic carbocycles. The minimum atomic E-state index is -0.444. The van der Waals surface area contributed by atoms with Gasteiger partial charge in [-0.2, -0.15) is 0 Å². The minimum Gasteiger partial charge on any atom is -0.366 e. The molecule has 1 aliphatic heterocycles. The molecule has 0 aliphatic carbocycles. The van der Waals surface area contributed by atoms with E-state index < -0.39 is 5.91 Å². The highest BCUT2D eigenvalue weighted by atomic mass is 16.1. The summed E-state index contributed by atoms with van der Waals surface area (Å²) in [6.45, 7) is 2.67. The number of benzene rings is 2. The number of aromatic amines is 1. The van der Waals surface area contributed by atoms with Crippen LogP contribution >= 0.6 is 0 Å². The lowest BCUT2D eigenvalue weighted by atomic mass is 10.00. The summed E-state index contributed by atoms with van der Waals surface area (Å²) in [4.78, 5) is 21.8. The molecule has 1 aromatic heterocycles. The lowest BCUT2D eigenvalue weighted by Gasteiger charge is -2.27. The molecule has 0 bridgehead atoms. The van der Waals surface area contributed by atoms with E-state index in [-0.39, 0.29) is 0 Å². The van der Waals surface area contributed by atoms with Crippen molar-refractivity contribution in [2.75, 3.05) is 6.54 Å². The van der Waals surface area contributed by atoms with Gasteiger partial charge in [0.2, 0.25) is 0 Å². The third-order valence-corrected chi connectivity index (χ3v) is 4.41. The average molecular weight is 306 g/mol. The van der Waals surface area contributed by atoms with Crippen molar-refractivity contribution in [1.29, 1.82) is 0 Å². The van der Waals surface area contributed by atoms with E-state index in [2.05, 4.69) is 39.1 Å². The second-order valence-corrected chi connectivity index (χ2v) is 5.98. The summed E-state index contributed by atoms with van der Waals surface area (Å²) in [6.07, 6.45) is 1.06. The van der Waals surface area contributed by atoms with Crippen LogP contribution in [0.2, 0.25) is 0 Å². The molecule has 1 aliphatic rings. The van der Waals surface area contributed by atoms with Gasteiger partial charge < -0.3 is 10.7 Å². The fourth-order valence-corrected chi connectivity index (χ4v) is 3.26. The van der Waals surface area contributed by atoms with Crippen LogP contribution in [0.4, 0.5) is 0 Å². The highest BCUT2D eigenvalue weighted by molar-refractivity contribution is 6.03. The summed E-state index contributed by atoms with van der Waals surface area (Å²) >= 11 is 0. The summed E-state index contributed by atoms with van der Waals surface area (Å²) in [5, 5.41) is 0. The molecular weight excluding hydrogens is 288 g/mol. The van der Waals surface area contributed by atoms with E-state index >= 15 is 0 Å². The molecule has 0 unspecified atom stereocenters. The lowest BCUT2D eigenvalue weighted by Crippen LogP contribution is -2.30. The van der Waals surface area contributed by atoms with Crippen LogP contribution in [0.1, 0.15) is 27.3 Å². The number of carbonyl (C=O) groups excluding carboxylic acids is 1. The predicted molar refractivity (Wildman–Crippen MR) is 88.9 cm³/mol. The maximum Gasteiger partial charge on any atom is 0.250 e. The predicted octanol–water partition coefficient (Wildman–Crippen LogP) is 2.22. The van der Waals surface area contributed by atoms with Crippen LogP contribution in [0.25, 0.3) is 11.0 Å². The number of rotatable bonds is 3. The van der Waals surface area contributed by atoms with Gasteiger partial charge in [0.1, 0.15) is 11.3 Å². The van der Waals surface area contributed by atoms with Crippen molar-refractivity contribution in [3.8, 4) is 0 Å². The van der Waals surface area contributed by atoms with E-state index in [1.807, 2.05) is 12.1 Å². The molecule has 0 radical (unpaired) electrons. The molecular formula is C18H18N4O. The van der Waals surface area contributed by atoms with Crippen molar-refractivity contribution in [3.63, 3.8) is 0 Å². The van der Waals surface area contributed by atoms with Crippen molar-refractivity contribution in [3.05, 3.63) is 65.0 Å². The van der Waals surface area contributed by atoms with Gasteiger partial charge in [-0.3, -0.25) is 9.69 Å². The molecule has 116 valence electrons. The number of fused-ring (bicyclic) bond motifs is 2. The highest BCUT2D eigenvalue weighted by Crippen LogP contribution is 2.21. The van der Waals surface area contributed by atoms with Crippen LogP contribution in [0.15, 0.2) is 42.5 Å². The topological polar surface area (TPSA) is 75.0 Å². The number of aromatic nitrogens is 2. The van der Waals surface area contributed by atoms with E-state index in [4.69, 9.17) is 5.73 Å². The highest BCUT2D eigenvalue weighted by Gasteiger charge is 2.18. The number of hydrogen-bond donors (Lipinski definition) is 2. The van der Waals surface area contributed by atoms with Crippen molar-refractivity contribution < 1.29 is 4.79 Å². The van der Waals surface area contributed by atoms with E-state index in [1.54, 1.807) is 6.07 Å². The maximum atomic E-state index is 11.5. The largest absolute Gasteiger partial charge is 0.366 e. The summed E-state index contributed by atoms with van der Waals surface area (Å²) in [5.74, 6) is 0.425. The number of nitrogens with zero attached hydrogens (tertiary/aromatic N) is 2. The van der Waals surface area contributed by atoms with Crippen LogP contribution in [0, 0.1) is 0 Å². The summed E-state index contributed by atoms with van der Waals surface area (Å²) in [7, 11) is 0. The number of nitrogens with one attached hydrogen (secondary N) is 1. The molecule has 5 nitrogen and oxygen atoms in total. The Kier molecular flexibility index (Phi) is 3.35. The molecule has 3 N–H and O–H groups in total. The number of imidazole rings is 1. The van der Waals surface area contributed by atoms with Crippen LogP contribution in [0.3, 0.4) is 0 Å². The van der Waals surface area contributed by atoms with E-state index in [9.17, 15) is 4.79 Å². The quantitative estimate of drug-likeness (QED) is 0.779. The third kappa shape index (κ3) is 2.59. The Bertz CT molecular complexity index is 884. The monoisotopic (exact) mass is 306 g/mol. The van der Waals surface area contributed by atoms with Crippen LogP contribution in [-0.4, -0.2) is 27.3 Å². The number of H-pyrrole nitrogens is 1. The molecule has 0 atom stereocenters. The second-order valence-electron chi connectivity index (χ2n) is 5.98. The Balaban J connectivity index is 1.59. The first-order valence-corrected chi connectivity index (χ1v) is 7.77. The van der Waals surface area contributed by atoms with Gasteiger partial charge in [0.25, 0.3) is 5.91 Å². The van der Waals surface area contributed by atoms with Crippen molar-refractivity contribution in [2.45, 2.75) is 19.5 Å². The SMILES string of the molecule is NC(=O)c1cccc2[nH]c(CN3CCc4ccccc4C3)nc12. The molecule has 0 saturated carbocycles. The molecule has 3 aromatic rings. The lowest BCUT2D eigenvalue weighted by molar-refractivity contribution is 0.100. The van der Waals surface area contributed by atoms with Gasteiger partial charge in [0, 0.05) is 13.1 Å². The third-order valence-electron chi connectivity index (χ3n) is 4.41. The zero-order valence-electron chi connectivity index (χ0n) is 12.7. The van der Waals surface area contributed by atoms with Crippen molar-refractivity contribution in [2.24, 2.45) is 5.73 Å². The van der Waals surface area contributed by atoms with Gasteiger partial charge >= 0.3 is 0 Å². The van der Waals surface area contributed by atoms with Crippen molar-refractivity contribution >= 4 is 16.9 Å².